The summed E-state index contributed by atoms with van der Waals surface area (Å²) in [6.45, 7) is 8.54. The number of aryl methyl sites for hydroxylation is 2. The van der Waals surface area contributed by atoms with E-state index in [0.29, 0.717) is 19.3 Å². The lowest BCUT2D eigenvalue weighted by Gasteiger charge is -2.31. The summed E-state index contributed by atoms with van der Waals surface area (Å²) in [5.41, 5.74) is 0.944. The van der Waals surface area contributed by atoms with E-state index in [1.54, 1.807) is 0 Å². The molecule has 0 aromatic carbocycles. The Hall–Kier alpha value is -0.870. The fraction of sp³-hybridized carbons (Fsp3) is 0.769. The van der Waals surface area contributed by atoms with Gasteiger partial charge < -0.3 is 10.2 Å². The van der Waals surface area contributed by atoms with Crippen molar-refractivity contribution in [1.29, 1.82) is 0 Å². The normalized spacial score (nSPS) is 14.0. The minimum Gasteiger partial charge on any atom is -0.390 e. The highest BCUT2D eigenvalue weighted by Gasteiger charge is 2.32. The molecule has 0 saturated heterocycles. The molecule has 1 atom stereocenters. The first kappa shape index (κ1) is 14.2. The van der Waals surface area contributed by atoms with Gasteiger partial charge in [0.05, 0.1) is 17.4 Å². The number of hydrogen-bond donors (Lipinski definition) is 2. The van der Waals surface area contributed by atoms with E-state index in [0.717, 1.165) is 17.9 Å². The Morgan fingerprint density at radius 2 is 1.94 bits per heavy atom. The number of aliphatic hydroxyl groups is 2. The van der Waals surface area contributed by atoms with Gasteiger partial charge in [-0.3, -0.25) is 4.68 Å². The number of hydrogen-bond acceptors (Lipinski definition) is 3. The highest BCUT2D eigenvalue weighted by molar-refractivity contribution is 5.11. The van der Waals surface area contributed by atoms with Crippen LogP contribution >= 0.6 is 0 Å². The zero-order valence-electron chi connectivity index (χ0n) is 11.3. The van der Waals surface area contributed by atoms with E-state index < -0.39 is 11.7 Å². The van der Waals surface area contributed by atoms with Crippen LogP contribution in [0.15, 0.2) is 6.07 Å². The number of aromatic nitrogens is 2. The van der Waals surface area contributed by atoms with Gasteiger partial charge in [-0.2, -0.15) is 5.10 Å². The second-order valence-corrected chi connectivity index (χ2v) is 4.62. The first-order chi connectivity index (χ1) is 7.96. The van der Waals surface area contributed by atoms with Crippen molar-refractivity contribution < 1.29 is 10.2 Å². The van der Waals surface area contributed by atoms with Crippen LogP contribution in [-0.4, -0.2) is 31.7 Å². The summed E-state index contributed by atoms with van der Waals surface area (Å²) in [7, 11) is 0. The fourth-order valence-electron chi connectivity index (χ4n) is 2.15. The number of aliphatic hydroxyl groups excluding tert-OH is 1. The van der Waals surface area contributed by atoms with Gasteiger partial charge in [0.2, 0.25) is 0 Å². The molecule has 0 fully saturated rings. The van der Waals surface area contributed by atoms with Gasteiger partial charge in [0.1, 0.15) is 0 Å². The average Bonchev–Trinajstić information content (AvgIpc) is 2.68. The maximum Gasteiger partial charge on any atom is 0.0904 e. The van der Waals surface area contributed by atoms with Crippen LogP contribution in [0.1, 0.15) is 45.0 Å². The molecule has 0 aliphatic carbocycles. The lowest BCUT2D eigenvalue weighted by molar-refractivity contribution is -0.0796. The van der Waals surface area contributed by atoms with Crippen LogP contribution in [0, 0.1) is 6.92 Å². The van der Waals surface area contributed by atoms with E-state index in [-0.39, 0.29) is 0 Å². The van der Waals surface area contributed by atoms with Gasteiger partial charge in [0, 0.05) is 18.7 Å². The summed E-state index contributed by atoms with van der Waals surface area (Å²) in [6, 6.07) is 1.97. The molecular formula is C13H24N2O2. The van der Waals surface area contributed by atoms with Crippen molar-refractivity contribution in [3.05, 3.63) is 17.5 Å². The summed E-state index contributed by atoms with van der Waals surface area (Å²) < 4.78 is 1.88. The van der Waals surface area contributed by atoms with Crippen LogP contribution in [0.25, 0.3) is 0 Å². The molecule has 2 N–H and O–H groups in total. The topological polar surface area (TPSA) is 58.3 Å². The Balaban J connectivity index is 2.83. The van der Waals surface area contributed by atoms with Crippen LogP contribution in [0.3, 0.4) is 0 Å². The zero-order valence-corrected chi connectivity index (χ0v) is 11.3. The van der Waals surface area contributed by atoms with Gasteiger partial charge in [0.15, 0.2) is 0 Å². The second kappa shape index (κ2) is 5.65. The first-order valence-corrected chi connectivity index (χ1v) is 6.40. The van der Waals surface area contributed by atoms with Crippen LogP contribution in [0.4, 0.5) is 0 Å². The molecule has 0 aliphatic rings. The van der Waals surface area contributed by atoms with Crippen molar-refractivity contribution >= 4 is 0 Å². The molecular weight excluding hydrogens is 216 g/mol. The number of nitrogens with zero attached hydrogens (tertiary/aromatic N) is 2. The molecule has 0 saturated carbocycles. The monoisotopic (exact) mass is 240 g/mol. The molecule has 1 unspecified atom stereocenters. The van der Waals surface area contributed by atoms with E-state index in [1.165, 1.54) is 0 Å². The molecule has 0 radical (unpaired) electrons. The molecule has 1 heterocycles. The van der Waals surface area contributed by atoms with Gasteiger partial charge >= 0.3 is 0 Å². The highest BCUT2D eigenvalue weighted by Crippen LogP contribution is 2.22. The summed E-state index contributed by atoms with van der Waals surface area (Å²) in [5, 5.41) is 24.7. The van der Waals surface area contributed by atoms with E-state index in [1.807, 2.05) is 38.4 Å². The summed E-state index contributed by atoms with van der Waals surface area (Å²) in [4.78, 5) is 0. The lowest BCUT2D eigenvalue weighted by atomic mass is 9.88. The molecule has 17 heavy (non-hydrogen) atoms. The molecule has 0 amide bonds. The fourth-order valence-corrected chi connectivity index (χ4v) is 2.15. The Morgan fingerprint density at radius 1 is 1.35 bits per heavy atom. The maximum atomic E-state index is 10.2. The maximum absolute atomic E-state index is 10.2. The van der Waals surface area contributed by atoms with Gasteiger partial charge in [-0.1, -0.05) is 13.8 Å². The van der Waals surface area contributed by atoms with Gasteiger partial charge in [0.25, 0.3) is 0 Å². The Morgan fingerprint density at radius 3 is 2.41 bits per heavy atom. The molecule has 98 valence electrons. The average molecular weight is 240 g/mol. The van der Waals surface area contributed by atoms with E-state index in [2.05, 4.69) is 5.10 Å². The molecule has 0 aliphatic heterocycles. The smallest absolute Gasteiger partial charge is 0.0904 e. The van der Waals surface area contributed by atoms with Crippen molar-refractivity contribution in [3.8, 4) is 0 Å². The van der Waals surface area contributed by atoms with Gasteiger partial charge in [-0.05, 0) is 32.8 Å². The van der Waals surface area contributed by atoms with Crippen molar-refractivity contribution in [1.82, 2.24) is 9.78 Å². The second-order valence-electron chi connectivity index (χ2n) is 4.62. The third-order valence-electron chi connectivity index (χ3n) is 3.53. The van der Waals surface area contributed by atoms with Crippen molar-refractivity contribution in [3.63, 3.8) is 0 Å². The summed E-state index contributed by atoms with van der Waals surface area (Å²) >= 11 is 0. The van der Waals surface area contributed by atoms with E-state index in [9.17, 15) is 10.2 Å². The minimum atomic E-state index is -0.989. The standard InChI is InChI=1S/C13H24N2O2/c1-5-13(17,6-2)12(16)9-11-8-10(4)14-15(11)7-3/h8,12,16-17H,5-7,9H2,1-4H3. The van der Waals surface area contributed by atoms with Crippen molar-refractivity contribution in [2.45, 2.75) is 65.2 Å². The summed E-state index contributed by atoms with van der Waals surface area (Å²) in [5.74, 6) is 0. The van der Waals surface area contributed by atoms with Crippen molar-refractivity contribution in [2.75, 3.05) is 0 Å². The molecule has 1 rings (SSSR count). The predicted molar refractivity (Wildman–Crippen MR) is 67.9 cm³/mol. The number of rotatable bonds is 6. The Bertz CT molecular complexity index is 356. The van der Waals surface area contributed by atoms with Crippen LogP contribution in [0.2, 0.25) is 0 Å². The quantitative estimate of drug-likeness (QED) is 0.795. The predicted octanol–water partition coefficient (Wildman–Crippen LogP) is 1.67. The first-order valence-electron chi connectivity index (χ1n) is 6.40. The molecule has 0 bridgehead atoms. The Kier molecular flexibility index (Phi) is 4.71. The molecule has 4 heteroatoms. The van der Waals surface area contributed by atoms with E-state index >= 15 is 0 Å². The third kappa shape index (κ3) is 3.07. The van der Waals surface area contributed by atoms with Gasteiger partial charge in [-0.15, -0.1) is 0 Å². The summed E-state index contributed by atoms with van der Waals surface area (Å²) in [6.07, 6.45) is 0.833. The highest BCUT2D eigenvalue weighted by atomic mass is 16.3. The SMILES string of the molecule is CCn1nc(C)cc1CC(O)C(O)(CC)CC. The van der Waals surface area contributed by atoms with Crippen LogP contribution in [-0.2, 0) is 13.0 Å². The lowest BCUT2D eigenvalue weighted by Crippen LogP contribution is -2.42. The third-order valence-corrected chi connectivity index (χ3v) is 3.53. The molecule has 1 aromatic rings. The Labute approximate surface area is 103 Å². The zero-order chi connectivity index (χ0) is 13.1. The van der Waals surface area contributed by atoms with Crippen LogP contribution in [0.5, 0.6) is 0 Å². The molecule has 1 aromatic heterocycles. The van der Waals surface area contributed by atoms with E-state index in [4.69, 9.17) is 0 Å². The largest absolute Gasteiger partial charge is 0.390 e. The van der Waals surface area contributed by atoms with Gasteiger partial charge in [-0.25, -0.2) is 0 Å². The van der Waals surface area contributed by atoms with Crippen LogP contribution < -0.4 is 0 Å². The molecule has 4 nitrogen and oxygen atoms in total. The minimum absolute atomic E-state index is 0.451. The van der Waals surface area contributed by atoms with Crippen molar-refractivity contribution in [2.24, 2.45) is 0 Å². The molecule has 0 spiro atoms.